The van der Waals surface area contributed by atoms with Gasteiger partial charge in [0.15, 0.2) is 6.10 Å². The van der Waals surface area contributed by atoms with E-state index in [-0.39, 0.29) is 31.1 Å². The van der Waals surface area contributed by atoms with Crippen LogP contribution in [0.15, 0.2) is 48.6 Å². The molecule has 0 aromatic carbocycles. The second-order valence-corrected chi connectivity index (χ2v) is 19.5. The van der Waals surface area contributed by atoms with Crippen LogP contribution in [0, 0.1) is 0 Å². The van der Waals surface area contributed by atoms with Crippen molar-refractivity contribution < 1.29 is 28.6 Å². The summed E-state index contributed by atoms with van der Waals surface area (Å²) in [7, 11) is 0. The Kier molecular flexibility index (Phi) is 53.8. The topological polar surface area (TPSA) is 78.9 Å². The summed E-state index contributed by atoms with van der Waals surface area (Å²) in [6.45, 7) is 6.54. The van der Waals surface area contributed by atoms with Gasteiger partial charge in [-0.15, -0.1) is 0 Å². The maximum absolute atomic E-state index is 12.9. The van der Waals surface area contributed by atoms with E-state index in [2.05, 4.69) is 69.4 Å². The first-order chi connectivity index (χ1) is 33.0. The van der Waals surface area contributed by atoms with Crippen LogP contribution in [0.4, 0.5) is 0 Å². The molecule has 0 saturated heterocycles. The zero-order chi connectivity index (χ0) is 48.6. The molecule has 0 heterocycles. The van der Waals surface area contributed by atoms with Crippen molar-refractivity contribution >= 4 is 17.9 Å². The highest BCUT2D eigenvalue weighted by atomic mass is 16.6. The average molecular weight is 940 g/mol. The third kappa shape index (κ3) is 54.2. The molecule has 0 aliphatic rings. The van der Waals surface area contributed by atoms with Crippen molar-refractivity contribution in [3.05, 3.63) is 48.6 Å². The average Bonchev–Trinajstić information content (AvgIpc) is 3.33. The van der Waals surface area contributed by atoms with Crippen molar-refractivity contribution in [3.8, 4) is 0 Å². The zero-order valence-electron chi connectivity index (χ0n) is 44.7. The Labute approximate surface area is 416 Å². The maximum atomic E-state index is 12.9. The number of rotatable bonds is 53. The van der Waals surface area contributed by atoms with Crippen LogP contribution >= 0.6 is 0 Å². The molecule has 0 fully saturated rings. The second kappa shape index (κ2) is 56.0. The van der Waals surface area contributed by atoms with Gasteiger partial charge in [0.2, 0.25) is 0 Å². The summed E-state index contributed by atoms with van der Waals surface area (Å²) in [5.74, 6) is -0.891. The highest BCUT2D eigenvalue weighted by Crippen LogP contribution is 2.16. The molecule has 390 valence electrons. The first-order valence-electron chi connectivity index (χ1n) is 29.1. The van der Waals surface area contributed by atoms with E-state index >= 15 is 0 Å². The van der Waals surface area contributed by atoms with Crippen LogP contribution in [0.3, 0.4) is 0 Å². The number of esters is 3. The highest BCUT2D eigenvalue weighted by Gasteiger charge is 2.19. The van der Waals surface area contributed by atoms with Crippen LogP contribution in [-0.4, -0.2) is 37.2 Å². The van der Waals surface area contributed by atoms with Gasteiger partial charge in [-0.25, -0.2) is 0 Å². The number of unbranched alkanes of at least 4 members (excludes halogenated alkanes) is 34. The van der Waals surface area contributed by atoms with E-state index in [1.54, 1.807) is 0 Å². The number of allylic oxidation sites excluding steroid dienone is 8. The van der Waals surface area contributed by atoms with Gasteiger partial charge in [-0.05, 0) is 77.0 Å². The van der Waals surface area contributed by atoms with Gasteiger partial charge in [0.1, 0.15) is 13.2 Å². The van der Waals surface area contributed by atoms with Crippen molar-refractivity contribution in [2.45, 2.75) is 309 Å². The Hall–Kier alpha value is -2.63. The summed E-state index contributed by atoms with van der Waals surface area (Å²) in [5.41, 5.74) is 0. The Morgan fingerprint density at radius 1 is 0.313 bits per heavy atom. The predicted octanol–water partition coefficient (Wildman–Crippen LogP) is 19.4. The van der Waals surface area contributed by atoms with Crippen molar-refractivity contribution in [2.75, 3.05) is 13.2 Å². The molecule has 0 aromatic rings. The molecule has 0 spiro atoms. The van der Waals surface area contributed by atoms with Crippen molar-refractivity contribution in [1.82, 2.24) is 0 Å². The van der Waals surface area contributed by atoms with Crippen LogP contribution in [0.25, 0.3) is 0 Å². The molecule has 67 heavy (non-hydrogen) atoms. The van der Waals surface area contributed by atoms with Crippen molar-refractivity contribution in [3.63, 3.8) is 0 Å². The Balaban J connectivity index is 4.36. The molecule has 1 atom stereocenters. The number of carbonyl (C=O) groups is 3. The van der Waals surface area contributed by atoms with E-state index in [9.17, 15) is 14.4 Å². The molecule has 0 aromatic heterocycles. The third-order valence-electron chi connectivity index (χ3n) is 12.8. The lowest BCUT2D eigenvalue weighted by Crippen LogP contribution is -2.30. The molecule has 0 bridgehead atoms. The normalized spacial score (nSPS) is 12.3. The van der Waals surface area contributed by atoms with Gasteiger partial charge in [-0.3, -0.25) is 14.4 Å². The minimum Gasteiger partial charge on any atom is -0.462 e. The molecule has 6 heteroatoms. The number of ether oxygens (including phenoxy) is 3. The fourth-order valence-electron chi connectivity index (χ4n) is 8.45. The number of hydrogen-bond donors (Lipinski definition) is 0. The van der Waals surface area contributed by atoms with E-state index in [1.807, 2.05) is 0 Å². The SMILES string of the molecule is CC/C=C\C/C=C\C/C=C\CCCCCCC(=O)OCC(COC(=O)CCCCCCCCCCCCCCCCCCCC)OC(=O)CCCCCCCCC/C=C\CCCCCCCC. The maximum Gasteiger partial charge on any atom is 0.306 e. The van der Waals surface area contributed by atoms with E-state index in [0.29, 0.717) is 19.3 Å². The largest absolute Gasteiger partial charge is 0.462 e. The van der Waals surface area contributed by atoms with E-state index in [1.165, 1.54) is 173 Å². The Morgan fingerprint density at radius 2 is 0.582 bits per heavy atom. The Morgan fingerprint density at radius 3 is 0.925 bits per heavy atom. The molecule has 0 saturated carbocycles. The molecule has 1 unspecified atom stereocenters. The first-order valence-corrected chi connectivity index (χ1v) is 29.1. The summed E-state index contributed by atoms with van der Waals surface area (Å²) in [6.07, 6.45) is 68.2. The standard InChI is InChI=1S/C61H110O6/c1-4-7-10-13-16-19-22-25-28-30-32-33-36-39-42-45-48-51-54-60(63)66-57-58(56-65-59(62)53-50-47-44-41-38-35-27-24-21-18-15-12-9-6-3)67-61(64)55-52-49-46-43-40-37-34-31-29-26-23-20-17-14-11-8-5-2/h9,12,18,21,26-27,29,35,58H,4-8,10-11,13-17,19-20,22-25,28,30-34,36-57H2,1-3H3/b12-9-,21-18-,29-26-,35-27-. The molecular formula is C61H110O6. The number of carbonyl (C=O) groups excluding carboxylic acids is 3. The molecule has 0 amide bonds. The molecule has 0 radical (unpaired) electrons. The second-order valence-electron chi connectivity index (χ2n) is 19.5. The summed E-state index contributed by atoms with van der Waals surface area (Å²) in [6, 6.07) is 0. The van der Waals surface area contributed by atoms with Crippen LogP contribution in [0.5, 0.6) is 0 Å². The van der Waals surface area contributed by atoms with Gasteiger partial charge in [-0.2, -0.15) is 0 Å². The van der Waals surface area contributed by atoms with E-state index in [0.717, 1.165) is 89.9 Å². The van der Waals surface area contributed by atoms with Crippen molar-refractivity contribution in [1.29, 1.82) is 0 Å². The van der Waals surface area contributed by atoms with Gasteiger partial charge >= 0.3 is 17.9 Å². The van der Waals surface area contributed by atoms with Crippen LogP contribution in [0.1, 0.15) is 303 Å². The fraction of sp³-hybridized carbons (Fsp3) is 0.820. The first kappa shape index (κ1) is 64.4. The van der Waals surface area contributed by atoms with Crippen molar-refractivity contribution in [2.24, 2.45) is 0 Å². The van der Waals surface area contributed by atoms with Gasteiger partial charge in [-0.1, -0.05) is 256 Å². The summed E-state index contributed by atoms with van der Waals surface area (Å²) < 4.78 is 16.9. The fourth-order valence-corrected chi connectivity index (χ4v) is 8.45. The lowest BCUT2D eigenvalue weighted by atomic mass is 10.0. The quantitative estimate of drug-likeness (QED) is 0.0262. The minimum atomic E-state index is -0.782. The van der Waals surface area contributed by atoms with Crippen LogP contribution < -0.4 is 0 Å². The van der Waals surface area contributed by atoms with E-state index in [4.69, 9.17) is 14.2 Å². The predicted molar refractivity (Wildman–Crippen MR) is 289 cm³/mol. The molecule has 0 aliphatic heterocycles. The van der Waals surface area contributed by atoms with Gasteiger partial charge in [0.25, 0.3) is 0 Å². The molecule has 6 nitrogen and oxygen atoms in total. The minimum absolute atomic E-state index is 0.0790. The van der Waals surface area contributed by atoms with Crippen LogP contribution in [-0.2, 0) is 28.6 Å². The smallest absolute Gasteiger partial charge is 0.306 e. The van der Waals surface area contributed by atoms with Gasteiger partial charge < -0.3 is 14.2 Å². The lowest BCUT2D eigenvalue weighted by molar-refractivity contribution is -0.167. The summed E-state index contributed by atoms with van der Waals surface area (Å²) in [4.78, 5) is 38.2. The number of hydrogen-bond acceptors (Lipinski definition) is 6. The Bertz CT molecular complexity index is 1170. The highest BCUT2D eigenvalue weighted by molar-refractivity contribution is 5.71. The summed E-state index contributed by atoms with van der Waals surface area (Å²) in [5, 5.41) is 0. The van der Waals surface area contributed by atoms with Gasteiger partial charge in [0.05, 0.1) is 0 Å². The molecule has 0 N–H and O–H groups in total. The van der Waals surface area contributed by atoms with Crippen LogP contribution in [0.2, 0.25) is 0 Å². The molecular weight excluding hydrogens is 829 g/mol. The lowest BCUT2D eigenvalue weighted by Gasteiger charge is -2.18. The monoisotopic (exact) mass is 939 g/mol. The van der Waals surface area contributed by atoms with Gasteiger partial charge in [0, 0.05) is 19.3 Å². The molecule has 0 rings (SSSR count). The third-order valence-corrected chi connectivity index (χ3v) is 12.8. The van der Waals surface area contributed by atoms with E-state index < -0.39 is 6.10 Å². The molecule has 0 aliphatic carbocycles. The summed E-state index contributed by atoms with van der Waals surface area (Å²) >= 11 is 0. The zero-order valence-corrected chi connectivity index (χ0v) is 44.7.